The second kappa shape index (κ2) is 6.41. The van der Waals surface area contributed by atoms with Crippen molar-refractivity contribution >= 4 is 0 Å². The number of fused-ring (bicyclic) bond motifs is 4. The topological polar surface area (TPSA) is 49.7 Å². The molecule has 1 aliphatic heterocycles. The summed E-state index contributed by atoms with van der Waals surface area (Å²) in [6.07, 6.45) is 11.2. The molecule has 188 valence electrons. The maximum absolute atomic E-state index is 11.5. The summed E-state index contributed by atoms with van der Waals surface area (Å²) < 4.78 is 7.11. The van der Waals surface area contributed by atoms with E-state index in [0.29, 0.717) is 23.2 Å². The molecule has 3 nitrogen and oxygen atoms in total. The molecule has 1 saturated heterocycles. The molecule has 33 heavy (non-hydrogen) atoms. The van der Waals surface area contributed by atoms with E-state index in [1.807, 2.05) is 0 Å². The summed E-state index contributed by atoms with van der Waals surface area (Å²) in [5.41, 5.74) is 0.856. The van der Waals surface area contributed by atoms with E-state index in [0.717, 1.165) is 25.9 Å². The van der Waals surface area contributed by atoms with Crippen molar-refractivity contribution in [2.24, 2.45) is 50.2 Å². The number of rotatable bonds is 0. The zero-order chi connectivity index (χ0) is 23.9. The monoisotopic (exact) mass is 458 g/mol. The summed E-state index contributed by atoms with van der Waals surface area (Å²) in [6, 6.07) is 0. The summed E-state index contributed by atoms with van der Waals surface area (Å²) in [4.78, 5) is 0. The first-order valence-corrected chi connectivity index (χ1v) is 14.2. The van der Waals surface area contributed by atoms with E-state index in [1.165, 1.54) is 44.9 Å². The third kappa shape index (κ3) is 2.45. The van der Waals surface area contributed by atoms with Gasteiger partial charge in [-0.1, -0.05) is 48.5 Å². The Hall–Kier alpha value is -0.120. The quantitative estimate of drug-likeness (QED) is 0.444. The van der Waals surface area contributed by atoms with Crippen LogP contribution in [0.3, 0.4) is 0 Å². The fourth-order valence-corrected chi connectivity index (χ4v) is 12.1. The second-order valence-electron chi connectivity index (χ2n) is 15.9. The van der Waals surface area contributed by atoms with E-state index in [1.54, 1.807) is 0 Å². The van der Waals surface area contributed by atoms with Crippen molar-refractivity contribution < 1.29 is 14.9 Å². The number of aliphatic hydroxyl groups excluding tert-OH is 2. The van der Waals surface area contributed by atoms with Crippen molar-refractivity contribution in [3.05, 3.63) is 0 Å². The second-order valence-corrected chi connectivity index (χ2v) is 15.9. The lowest BCUT2D eigenvalue weighted by molar-refractivity contribution is -0.291. The first-order chi connectivity index (χ1) is 15.2. The molecule has 1 heterocycles. The van der Waals surface area contributed by atoms with E-state index in [-0.39, 0.29) is 44.9 Å². The van der Waals surface area contributed by atoms with E-state index < -0.39 is 0 Å². The standard InChI is InChI=1S/C30H50O3/c1-24(2)16-21-29(23(32)17-24)15-14-28(7)27(6)12-8-19-25(3,4)22(31)10-11-26(19,5)20(27)9-13-30(21,28)33-18-29/h19-23,31-32H,8-18H2,1-7H3/t19-,20-,21+,22-,23-,26-,27+,28-,29-,30-/m0/s1. The van der Waals surface area contributed by atoms with Crippen molar-refractivity contribution in [3.8, 4) is 0 Å². The molecule has 0 unspecified atom stereocenters. The van der Waals surface area contributed by atoms with Crippen molar-refractivity contribution in [3.63, 3.8) is 0 Å². The lowest BCUT2D eigenvalue weighted by atomic mass is 9.30. The van der Waals surface area contributed by atoms with Crippen LogP contribution in [0.5, 0.6) is 0 Å². The van der Waals surface area contributed by atoms with Gasteiger partial charge in [0, 0.05) is 10.8 Å². The Morgan fingerprint density at radius 1 is 0.667 bits per heavy atom. The van der Waals surface area contributed by atoms with Crippen LogP contribution in [-0.4, -0.2) is 34.6 Å². The molecule has 10 atom stereocenters. The average molecular weight is 459 g/mol. The van der Waals surface area contributed by atoms with Crippen molar-refractivity contribution in [2.45, 2.75) is 130 Å². The molecule has 5 aliphatic carbocycles. The molecule has 6 rings (SSSR count). The highest BCUT2D eigenvalue weighted by atomic mass is 16.5. The van der Waals surface area contributed by atoms with Crippen LogP contribution in [-0.2, 0) is 4.74 Å². The van der Waals surface area contributed by atoms with Gasteiger partial charge in [0.1, 0.15) is 0 Å². The number of ether oxygens (including phenoxy) is 1. The molecule has 2 bridgehead atoms. The fourth-order valence-electron chi connectivity index (χ4n) is 12.1. The molecular formula is C30H50O3. The van der Waals surface area contributed by atoms with Gasteiger partial charge in [-0.05, 0) is 104 Å². The minimum Gasteiger partial charge on any atom is -0.393 e. The lowest BCUT2D eigenvalue weighted by Gasteiger charge is -2.74. The maximum atomic E-state index is 11.5. The summed E-state index contributed by atoms with van der Waals surface area (Å²) >= 11 is 0. The summed E-state index contributed by atoms with van der Waals surface area (Å²) in [5.74, 6) is 1.80. The van der Waals surface area contributed by atoms with Gasteiger partial charge in [-0.2, -0.15) is 0 Å². The smallest absolute Gasteiger partial charge is 0.0776 e. The highest BCUT2D eigenvalue weighted by Crippen LogP contribution is 2.80. The number of hydrogen-bond acceptors (Lipinski definition) is 3. The minimum absolute atomic E-state index is 0.00370. The predicted molar refractivity (Wildman–Crippen MR) is 132 cm³/mol. The van der Waals surface area contributed by atoms with Crippen LogP contribution in [0.1, 0.15) is 113 Å². The fraction of sp³-hybridized carbons (Fsp3) is 1.00. The van der Waals surface area contributed by atoms with Crippen LogP contribution < -0.4 is 0 Å². The molecule has 0 aromatic heterocycles. The molecule has 0 aromatic rings. The van der Waals surface area contributed by atoms with Gasteiger partial charge in [0.25, 0.3) is 0 Å². The van der Waals surface area contributed by atoms with Crippen molar-refractivity contribution in [2.75, 3.05) is 6.61 Å². The molecule has 1 spiro atoms. The van der Waals surface area contributed by atoms with Crippen LogP contribution in [0.2, 0.25) is 0 Å². The van der Waals surface area contributed by atoms with E-state index in [4.69, 9.17) is 4.74 Å². The highest BCUT2D eigenvalue weighted by molar-refractivity contribution is 5.27. The molecule has 0 aromatic carbocycles. The number of aliphatic hydroxyl groups is 2. The third-order valence-corrected chi connectivity index (χ3v) is 14.1. The zero-order valence-corrected chi connectivity index (χ0v) is 22.5. The Balaban J connectivity index is 1.44. The van der Waals surface area contributed by atoms with Gasteiger partial charge in [0.05, 0.1) is 24.4 Å². The normalized spacial score (nSPS) is 60.8. The Kier molecular flexibility index (Phi) is 4.52. The van der Waals surface area contributed by atoms with Crippen LogP contribution in [0, 0.1) is 50.2 Å². The van der Waals surface area contributed by atoms with Gasteiger partial charge in [0.15, 0.2) is 0 Å². The highest BCUT2D eigenvalue weighted by Gasteiger charge is 2.79. The molecule has 5 saturated carbocycles. The van der Waals surface area contributed by atoms with Crippen LogP contribution in [0.15, 0.2) is 0 Å². The SMILES string of the molecule is CC1(C)C[C@@H]2[C@@]3(CC[C@]4(C)[C@@]2(CC[C@H]2[C@@]5(C)CC[C@H](O)C(C)(C)[C@@H]5CC[C@]24C)OC3)[C@@H](O)C1. The third-order valence-electron chi connectivity index (χ3n) is 14.1. The lowest BCUT2D eigenvalue weighted by Crippen LogP contribution is -2.72. The molecule has 2 N–H and O–H groups in total. The molecular weight excluding hydrogens is 408 g/mol. The van der Waals surface area contributed by atoms with Gasteiger partial charge in [-0.3, -0.25) is 0 Å². The van der Waals surface area contributed by atoms with Crippen LogP contribution >= 0.6 is 0 Å². The molecule has 0 radical (unpaired) electrons. The summed E-state index contributed by atoms with van der Waals surface area (Å²) in [6.45, 7) is 18.1. The van der Waals surface area contributed by atoms with Crippen LogP contribution in [0.4, 0.5) is 0 Å². The van der Waals surface area contributed by atoms with Crippen molar-refractivity contribution in [1.82, 2.24) is 0 Å². The number of hydrogen-bond donors (Lipinski definition) is 2. The van der Waals surface area contributed by atoms with E-state index in [9.17, 15) is 10.2 Å². The van der Waals surface area contributed by atoms with Gasteiger partial charge in [0.2, 0.25) is 0 Å². The van der Waals surface area contributed by atoms with Gasteiger partial charge in [-0.15, -0.1) is 0 Å². The molecule has 6 fully saturated rings. The molecule has 6 aliphatic rings. The Morgan fingerprint density at radius 2 is 1.36 bits per heavy atom. The first-order valence-electron chi connectivity index (χ1n) is 14.2. The molecule has 3 heteroatoms. The summed E-state index contributed by atoms with van der Waals surface area (Å²) in [7, 11) is 0. The first kappa shape index (κ1) is 23.3. The predicted octanol–water partition coefficient (Wildman–Crippen LogP) is 6.35. The Labute approximate surface area is 202 Å². The Bertz CT molecular complexity index is 849. The van der Waals surface area contributed by atoms with E-state index in [2.05, 4.69) is 48.5 Å². The van der Waals surface area contributed by atoms with Gasteiger partial charge < -0.3 is 14.9 Å². The van der Waals surface area contributed by atoms with Gasteiger partial charge in [-0.25, -0.2) is 0 Å². The van der Waals surface area contributed by atoms with Gasteiger partial charge >= 0.3 is 0 Å². The van der Waals surface area contributed by atoms with E-state index >= 15 is 0 Å². The maximum Gasteiger partial charge on any atom is 0.0776 e. The zero-order valence-electron chi connectivity index (χ0n) is 22.5. The minimum atomic E-state index is -0.213. The summed E-state index contributed by atoms with van der Waals surface area (Å²) in [5, 5.41) is 22.4. The Morgan fingerprint density at radius 3 is 2.09 bits per heavy atom. The van der Waals surface area contributed by atoms with Crippen LogP contribution in [0.25, 0.3) is 0 Å². The largest absolute Gasteiger partial charge is 0.393 e. The average Bonchev–Trinajstić information content (AvgIpc) is 2.94. The molecule has 0 amide bonds. The van der Waals surface area contributed by atoms with Crippen molar-refractivity contribution in [1.29, 1.82) is 0 Å².